The number of nitrogens with one attached hydrogen (secondary N) is 1. The highest BCUT2D eigenvalue weighted by molar-refractivity contribution is 7.45. The monoisotopic (exact) mass is 1080 g/mol. The van der Waals surface area contributed by atoms with E-state index >= 15 is 0 Å². The Balaban J connectivity index is 3.93. The van der Waals surface area contributed by atoms with Crippen LogP contribution in [0.1, 0.15) is 303 Å². The Bertz CT molecular complexity index is 1380. The topological polar surface area (TPSA) is 128 Å². The quantitative estimate of drug-likeness (QED) is 0.0239. The summed E-state index contributed by atoms with van der Waals surface area (Å²) in [5.41, 5.74) is 0. The van der Waals surface area contributed by atoms with Crippen molar-refractivity contribution < 1.29 is 38.0 Å². The SMILES string of the molecule is CCCCC/C=C/CC/C=C/CCCC(O)C(O)C(COP(=O)([O-])OCC[N+](C)(C)C)NC(=O)CCCCCCCCCCCCCCCCCCCCCCCCCCCCC/C=C\C/C=C\CCCCCCC. The van der Waals surface area contributed by atoms with Gasteiger partial charge in [-0.1, -0.05) is 262 Å². The Hall–Kier alpha value is -1.58. The molecule has 75 heavy (non-hydrogen) atoms. The van der Waals surface area contributed by atoms with E-state index in [2.05, 4.69) is 67.8 Å². The standard InChI is InChI=1S/C65H125N2O7P/c1-6-8-10-12-14-16-18-20-21-22-23-24-25-26-27-28-29-30-31-32-33-34-35-36-37-38-39-40-41-42-43-44-45-46-48-50-52-54-56-58-64(69)66-62(61-74-75(71,72)73-60-59-67(3,4)5)65(70)63(68)57-55-53-51-49-47-19-17-15-13-11-9-7-2/h15,17-18,20,22-23,49,51,62-63,65,68,70H,6-14,16,19,21,24-48,50,52-61H2,1-5H3,(H-,66,69,71,72)/b17-15+,20-18-,23-22-,51-49+. The van der Waals surface area contributed by atoms with Gasteiger partial charge < -0.3 is 34.0 Å². The molecular weight excluding hydrogens is 952 g/mol. The van der Waals surface area contributed by atoms with Gasteiger partial charge in [-0.05, 0) is 83.5 Å². The van der Waals surface area contributed by atoms with Gasteiger partial charge in [-0.25, -0.2) is 0 Å². The number of quaternary nitrogens is 1. The van der Waals surface area contributed by atoms with Gasteiger partial charge in [-0.3, -0.25) is 9.36 Å². The van der Waals surface area contributed by atoms with Gasteiger partial charge in [-0.15, -0.1) is 0 Å². The molecule has 0 saturated heterocycles. The minimum atomic E-state index is -4.68. The molecule has 4 unspecified atom stereocenters. The van der Waals surface area contributed by atoms with E-state index < -0.39 is 32.7 Å². The summed E-state index contributed by atoms with van der Waals surface area (Å²) in [7, 11) is 1.11. The third kappa shape index (κ3) is 56.9. The van der Waals surface area contributed by atoms with Crippen LogP contribution in [0.3, 0.4) is 0 Å². The van der Waals surface area contributed by atoms with Crippen molar-refractivity contribution in [3.05, 3.63) is 48.6 Å². The van der Waals surface area contributed by atoms with Crippen LogP contribution < -0.4 is 10.2 Å². The number of carbonyl (C=O) groups excluding carboxylic acids is 1. The Labute approximate surface area is 465 Å². The average Bonchev–Trinajstić information content (AvgIpc) is 3.37. The van der Waals surface area contributed by atoms with Crippen molar-refractivity contribution in [3.63, 3.8) is 0 Å². The van der Waals surface area contributed by atoms with E-state index in [-0.39, 0.29) is 18.9 Å². The van der Waals surface area contributed by atoms with E-state index in [9.17, 15) is 24.5 Å². The number of amides is 1. The van der Waals surface area contributed by atoms with Crippen molar-refractivity contribution in [1.29, 1.82) is 0 Å². The first kappa shape index (κ1) is 73.4. The summed E-state index contributed by atoms with van der Waals surface area (Å²) in [5, 5.41) is 24.7. The van der Waals surface area contributed by atoms with E-state index in [0.29, 0.717) is 30.3 Å². The van der Waals surface area contributed by atoms with E-state index in [4.69, 9.17) is 9.05 Å². The number of likely N-dealkylation sites (N-methyl/N-ethyl adjacent to an activating group) is 1. The van der Waals surface area contributed by atoms with Gasteiger partial charge in [0.1, 0.15) is 19.3 Å². The molecule has 0 rings (SSSR count). The zero-order chi connectivity index (χ0) is 55.0. The fourth-order valence-corrected chi connectivity index (χ4v) is 10.3. The van der Waals surface area contributed by atoms with Crippen LogP contribution in [0, 0.1) is 0 Å². The van der Waals surface area contributed by atoms with Gasteiger partial charge in [-0.2, -0.15) is 0 Å². The van der Waals surface area contributed by atoms with Crippen LogP contribution in [0.2, 0.25) is 0 Å². The molecule has 442 valence electrons. The normalized spacial score (nSPS) is 14.5. The number of nitrogens with zero attached hydrogens (tertiary/aromatic N) is 1. The van der Waals surface area contributed by atoms with Gasteiger partial charge in [0, 0.05) is 6.42 Å². The molecule has 3 N–H and O–H groups in total. The summed E-state index contributed by atoms with van der Waals surface area (Å²) >= 11 is 0. The molecule has 0 radical (unpaired) electrons. The Morgan fingerprint density at radius 2 is 0.813 bits per heavy atom. The summed E-state index contributed by atoms with van der Waals surface area (Å²) in [6.45, 7) is 4.39. The first-order valence-corrected chi connectivity index (χ1v) is 33.5. The van der Waals surface area contributed by atoms with Gasteiger partial charge in [0.2, 0.25) is 5.91 Å². The summed E-state index contributed by atoms with van der Waals surface area (Å²) in [5.74, 6) is -0.288. The molecule has 0 saturated carbocycles. The van der Waals surface area contributed by atoms with E-state index in [1.54, 1.807) is 0 Å². The van der Waals surface area contributed by atoms with Crippen molar-refractivity contribution in [2.24, 2.45) is 0 Å². The second-order valence-corrected chi connectivity index (χ2v) is 24.6. The zero-order valence-electron chi connectivity index (χ0n) is 50.1. The third-order valence-corrected chi connectivity index (χ3v) is 15.6. The maximum atomic E-state index is 13.0. The minimum absolute atomic E-state index is 0.0478. The summed E-state index contributed by atoms with van der Waals surface area (Å²) in [4.78, 5) is 25.5. The molecule has 0 bridgehead atoms. The summed E-state index contributed by atoms with van der Waals surface area (Å²) < 4.78 is 23.2. The number of carbonyl (C=O) groups is 1. The molecule has 1 amide bonds. The predicted octanol–water partition coefficient (Wildman–Crippen LogP) is 18.2. The molecule has 0 aromatic rings. The van der Waals surface area contributed by atoms with Crippen LogP contribution in [-0.4, -0.2) is 79.8 Å². The number of phosphoric acid groups is 1. The van der Waals surface area contributed by atoms with Crippen LogP contribution in [0.25, 0.3) is 0 Å². The molecule has 0 fully saturated rings. The summed E-state index contributed by atoms with van der Waals surface area (Å²) in [6.07, 6.45) is 70.9. The predicted molar refractivity (Wildman–Crippen MR) is 322 cm³/mol. The van der Waals surface area contributed by atoms with Gasteiger partial charge in [0.15, 0.2) is 0 Å². The molecule has 0 aliphatic heterocycles. The fraction of sp³-hybridized carbons (Fsp3) is 0.862. The molecule has 0 aromatic carbocycles. The molecular formula is C65H125N2O7P. The Kier molecular flexibility index (Phi) is 54.5. The number of phosphoric ester groups is 1. The Morgan fingerprint density at radius 3 is 1.23 bits per heavy atom. The van der Waals surface area contributed by atoms with E-state index in [1.165, 1.54) is 212 Å². The highest BCUT2D eigenvalue weighted by atomic mass is 31.2. The van der Waals surface area contributed by atoms with Crippen LogP contribution in [0.15, 0.2) is 48.6 Å². The van der Waals surface area contributed by atoms with Gasteiger partial charge in [0.25, 0.3) is 7.82 Å². The number of unbranched alkanes of at least 4 members (excludes halogenated alkanes) is 37. The lowest BCUT2D eigenvalue weighted by Crippen LogP contribution is -2.51. The van der Waals surface area contributed by atoms with Crippen molar-refractivity contribution in [2.75, 3.05) is 40.9 Å². The third-order valence-electron chi connectivity index (χ3n) is 14.6. The number of allylic oxidation sites excluding steroid dienone is 8. The van der Waals surface area contributed by atoms with Crippen molar-refractivity contribution in [2.45, 2.75) is 321 Å². The smallest absolute Gasteiger partial charge is 0.268 e. The number of hydrogen-bond donors (Lipinski definition) is 3. The highest BCUT2D eigenvalue weighted by Gasteiger charge is 2.29. The number of aliphatic hydroxyl groups is 2. The molecule has 4 atom stereocenters. The molecule has 9 nitrogen and oxygen atoms in total. The number of rotatable bonds is 59. The van der Waals surface area contributed by atoms with Crippen molar-refractivity contribution in [1.82, 2.24) is 5.32 Å². The first-order valence-electron chi connectivity index (χ1n) is 32.1. The van der Waals surface area contributed by atoms with Gasteiger partial charge >= 0.3 is 0 Å². The van der Waals surface area contributed by atoms with Crippen LogP contribution in [0.5, 0.6) is 0 Å². The second-order valence-electron chi connectivity index (χ2n) is 23.2. The lowest BCUT2D eigenvalue weighted by molar-refractivity contribution is -0.870. The highest BCUT2D eigenvalue weighted by Crippen LogP contribution is 2.38. The maximum Gasteiger partial charge on any atom is 0.268 e. The molecule has 0 aliphatic rings. The lowest BCUT2D eigenvalue weighted by atomic mass is 10.0. The van der Waals surface area contributed by atoms with Gasteiger partial charge in [0.05, 0.1) is 39.9 Å². The molecule has 10 heteroatoms. The number of aliphatic hydroxyl groups excluding tert-OH is 2. The van der Waals surface area contributed by atoms with Crippen LogP contribution >= 0.6 is 7.82 Å². The molecule has 0 heterocycles. The van der Waals surface area contributed by atoms with E-state index in [0.717, 1.165) is 51.4 Å². The zero-order valence-corrected chi connectivity index (χ0v) is 51.0. The van der Waals surface area contributed by atoms with Crippen LogP contribution in [0.4, 0.5) is 0 Å². The largest absolute Gasteiger partial charge is 0.756 e. The van der Waals surface area contributed by atoms with Crippen LogP contribution in [-0.2, 0) is 18.4 Å². The lowest BCUT2D eigenvalue weighted by Gasteiger charge is -2.31. The fourth-order valence-electron chi connectivity index (χ4n) is 9.54. The second kappa shape index (κ2) is 55.7. The van der Waals surface area contributed by atoms with Crippen molar-refractivity contribution >= 4 is 13.7 Å². The number of hydrogen-bond acceptors (Lipinski definition) is 7. The maximum absolute atomic E-state index is 13.0. The average molecular weight is 1080 g/mol. The molecule has 0 aliphatic carbocycles. The molecule has 0 spiro atoms. The van der Waals surface area contributed by atoms with Crippen molar-refractivity contribution in [3.8, 4) is 0 Å². The Morgan fingerprint density at radius 1 is 0.480 bits per heavy atom. The summed E-state index contributed by atoms with van der Waals surface area (Å²) in [6, 6.07) is -1.10. The van der Waals surface area contributed by atoms with E-state index in [1.807, 2.05) is 21.1 Å². The minimum Gasteiger partial charge on any atom is -0.756 e. The molecule has 0 aromatic heterocycles. The first-order chi connectivity index (χ1) is 36.4.